The van der Waals surface area contributed by atoms with E-state index in [0.717, 1.165) is 5.75 Å². The molecule has 0 aromatic heterocycles. The van der Waals surface area contributed by atoms with Gasteiger partial charge in [-0.2, -0.15) is 11.8 Å². The van der Waals surface area contributed by atoms with Crippen molar-refractivity contribution < 1.29 is 9.53 Å². The van der Waals surface area contributed by atoms with Crippen molar-refractivity contribution in [3.05, 3.63) is 12.2 Å². The molecule has 1 amide bonds. The summed E-state index contributed by atoms with van der Waals surface area (Å²) in [6.07, 6.45) is 23.6. The van der Waals surface area contributed by atoms with E-state index in [0.29, 0.717) is 6.54 Å². The summed E-state index contributed by atoms with van der Waals surface area (Å²) in [6.45, 7) is 2.96. The number of cyclic esters (lactones) is 1. The van der Waals surface area contributed by atoms with Gasteiger partial charge in [-0.15, -0.1) is 0 Å². The number of hydrogen-bond acceptors (Lipinski definition) is 3. The fraction of sp³-hybridized carbons (Fsp3) is 0.864. The summed E-state index contributed by atoms with van der Waals surface area (Å²) in [4.78, 5) is 10.9. The fourth-order valence-corrected chi connectivity index (χ4v) is 4.21. The van der Waals surface area contributed by atoms with Crippen molar-refractivity contribution in [2.45, 2.75) is 103 Å². The van der Waals surface area contributed by atoms with Crippen molar-refractivity contribution in [1.82, 2.24) is 5.32 Å². The lowest BCUT2D eigenvalue weighted by molar-refractivity contribution is 0.150. The van der Waals surface area contributed by atoms with Crippen LogP contribution < -0.4 is 5.32 Å². The largest absolute Gasteiger partial charge is 0.443 e. The van der Waals surface area contributed by atoms with Gasteiger partial charge in [-0.3, -0.25) is 0 Å². The van der Waals surface area contributed by atoms with Crippen LogP contribution in [0.5, 0.6) is 0 Å². The number of unbranched alkanes of at least 4 members (excludes halogenated alkanes) is 12. The molecule has 1 aliphatic rings. The predicted molar refractivity (Wildman–Crippen MR) is 115 cm³/mol. The SMILES string of the molecule is CCCCCCCC/C=C\CCCCCCCCSCC1CNC(=O)O1. The molecule has 1 unspecified atom stereocenters. The van der Waals surface area contributed by atoms with Gasteiger partial charge in [0.2, 0.25) is 0 Å². The first-order valence-corrected chi connectivity index (χ1v) is 12.2. The predicted octanol–water partition coefficient (Wildman–Crippen LogP) is 6.87. The van der Waals surface area contributed by atoms with Gasteiger partial charge in [-0.05, 0) is 37.9 Å². The Balaban J connectivity index is 1.70. The molecule has 0 bridgehead atoms. The van der Waals surface area contributed by atoms with Crippen molar-refractivity contribution in [2.24, 2.45) is 0 Å². The van der Waals surface area contributed by atoms with Crippen LogP contribution in [0.25, 0.3) is 0 Å². The van der Waals surface area contributed by atoms with E-state index < -0.39 is 0 Å². The van der Waals surface area contributed by atoms with Crippen molar-refractivity contribution in [1.29, 1.82) is 0 Å². The van der Waals surface area contributed by atoms with E-state index in [9.17, 15) is 4.79 Å². The summed E-state index contributed by atoms with van der Waals surface area (Å²) in [5, 5.41) is 2.70. The van der Waals surface area contributed by atoms with Crippen LogP contribution in [-0.2, 0) is 4.74 Å². The highest BCUT2D eigenvalue weighted by atomic mass is 32.2. The molecule has 3 nitrogen and oxygen atoms in total. The zero-order valence-corrected chi connectivity index (χ0v) is 17.8. The number of amides is 1. The fourth-order valence-electron chi connectivity index (χ4n) is 3.19. The Labute approximate surface area is 166 Å². The molecule has 1 atom stereocenters. The van der Waals surface area contributed by atoms with Crippen molar-refractivity contribution in [2.75, 3.05) is 18.1 Å². The second kappa shape index (κ2) is 17.8. The number of carbonyl (C=O) groups is 1. The smallest absolute Gasteiger partial charge is 0.407 e. The molecule has 0 saturated carbocycles. The molecule has 1 N–H and O–H groups in total. The molecule has 1 rings (SSSR count). The Morgan fingerprint density at radius 1 is 0.923 bits per heavy atom. The standard InChI is InChI=1S/C22H41NO2S/c1-2-3-4-5-6-7-8-9-10-11-12-13-14-15-16-17-18-26-20-21-19-23-22(24)25-21/h9-10,21H,2-8,11-20H2,1H3,(H,23,24)/b10-9-. The summed E-state index contributed by atoms with van der Waals surface area (Å²) in [7, 11) is 0. The van der Waals surface area contributed by atoms with Gasteiger partial charge in [0.25, 0.3) is 0 Å². The minimum atomic E-state index is -0.257. The third-order valence-electron chi connectivity index (χ3n) is 4.85. The van der Waals surface area contributed by atoms with E-state index in [-0.39, 0.29) is 12.2 Å². The Morgan fingerprint density at radius 3 is 2.08 bits per heavy atom. The number of allylic oxidation sites excluding steroid dienone is 2. The summed E-state index contributed by atoms with van der Waals surface area (Å²) in [5.41, 5.74) is 0. The lowest BCUT2D eigenvalue weighted by Crippen LogP contribution is -2.16. The summed E-state index contributed by atoms with van der Waals surface area (Å²) < 4.78 is 5.12. The zero-order valence-electron chi connectivity index (χ0n) is 17.0. The molecule has 1 aliphatic heterocycles. The third kappa shape index (κ3) is 14.5. The zero-order chi connectivity index (χ0) is 18.7. The number of thioether (sulfide) groups is 1. The molecule has 0 aromatic carbocycles. The van der Waals surface area contributed by atoms with E-state index in [2.05, 4.69) is 24.4 Å². The molecule has 1 fully saturated rings. The summed E-state index contributed by atoms with van der Waals surface area (Å²) in [6, 6.07) is 0. The first-order valence-electron chi connectivity index (χ1n) is 11.0. The van der Waals surface area contributed by atoms with E-state index in [1.54, 1.807) is 0 Å². The molecule has 0 aliphatic carbocycles. The maximum atomic E-state index is 10.9. The number of ether oxygens (including phenoxy) is 1. The minimum absolute atomic E-state index is 0.0848. The van der Waals surface area contributed by atoms with Crippen LogP contribution in [-0.4, -0.2) is 30.2 Å². The molecule has 0 spiro atoms. The Bertz CT molecular complexity index is 360. The number of alkyl carbamates (subject to hydrolysis) is 1. The number of hydrogen-bond donors (Lipinski definition) is 1. The van der Waals surface area contributed by atoms with Crippen LogP contribution in [0.2, 0.25) is 0 Å². The van der Waals surface area contributed by atoms with Crippen LogP contribution in [0.1, 0.15) is 96.8 Å². The summed E-state index contributed by atoms with van der Waals surface area (Å²) >= 11 is 1.91. The second-order valence-electron chi connectivity index (χ2n) is 7.42. The molecule has 1 heterocycles. The highest BCUT2D eigenvalue weighted by molar-refractivity contribution is 7.99. The van der Waals surface area contributed by atoms with Gasteiger partial charge in [0, 0.05) is 5.75 Å². The Hall–Kier alpha value is -0.640. The maximum absolute atomic E-state index is 10.9. The van der Waals surface area contributed by atoms with E-state index in [1.807, 2.05) is 11.8 Å². The van der Waals surface area contributed by atoms with Gasteiger partial charge < -0.3 is 10.1 Å². The topological polar surface area (TPSA) is 38.3 Å². The monoisotopic (exact) mass is 383 g/mol. The lowest BCUT2D eigenvalue weighted by Gasteiger charge is -2.06. The van der Waals surface area contributed by atoms with Gasteiger partial charge in [-0.25, -0.2) is 4.79 Å². The maximum Gasteiger partial charge on any atom is 0.407 e. The molecule has 1 saturated heterocycles. The molecule has 0 aromatic rings. The van der Waals surface area contributed by atoms with Crippen molar-refractivity contribution >= 4 is 17.9 Å². The first kappa shape index (κ1) is 23.4. The lowest BCUT2D eigenvalue weighted by atomic mass is 10.1. The molecular weight excluding hydrogens is 342 g/mol. The quantitative estimate of drug-likeness (QED) is 0.207. The normalized spacial score (nSPS) is 17.0. The molecular formula is C22H41NO2S. The molecule has 152 valence electrons. The molecule has 4 heteroatoms. The minimum Gasteiger partial charge on any atom is -0.443 e. The highest BCUT2D eigenvalue weighted by Gasteiger charge is 2.21. The van der Waals surface area contributed by atoms with Crippen LogP contribution in [0.4, 0.5) is 4.79 Å². The number of nitrogens with one attached hydrogen (secondary N) is 1. The van der Waals surface area contributed by atoms with Gasteiger partial charge in [0.15, 0.2) is 0 Å². The number of rotatable bonds is 18. The van der Waals surface area contributed by atoms with Crippen LogP contribution in [0, 0.1) is 0 Å². The van der Waals surface area contributed by atoms with Gasteiger partial charge in [-0.1, -0.05) is 76.9 Å². The van der Waals surface area contributed by atoms with Crippen molar-refractivity contribution in [3.63, 3.8) is 0 Å². The first-order chi connectivity index (χ1) is 12.8. The van der Waals surface area contributed by atoms with Crippen molar-refractivity contribution in [3.8, 4) is 0 Å². The van der Waals surface area contributed by atoms with E-state index in [1.165, 1.54) is 95.6 Å². The third-order valence-corrected chi connectivity index (χ3v) is 6.04. The van der Waals surface area contributed by atoms with Crippen LogP contribution in [0.15, 0.2) is 12.2 Å². The average molecular weight is 384 g/mol. The molecule has 0 radical (unpaired) electrons. The number of carbonyl (C=O) groups excluding carboxylic acids is 1. The van der Waals surface area contributed by atoms with Gasteiger partial charge in [0.1, 0.15) is 6.10 Å². The van der Waals surface area contributed by atoms with Crippen LogP contribution in [0.3, 0.4) is 0 Å². The Kier molecular flexibility index (Phi) is 16.0. The van der Waals surface area contributed by atoms with E-state index >= 15 is 0 Å². The summed E-state index contributed by atoms with van der Waals surface area (Å²) in [5.74, 6) is 2.12. The second-order valence-corrected chi connectivity index (χ2v) is 8.57. The van der Waals surface area contributed by atoms with Crippen LogP contribution >= 0.6 is 11.8 Å². The Morgan fingerprint density at radius 2 is 1.50 bits per heavy atom. The molecule has 26 heavy (non-hydrogen) atoms. The van der Waals surface area contributed by atoms with Gasteiger partial charge >= 0.3 is 6.09 Å². The van der Waals surface area contributed by atoms with E-state index in [4.69, 9.17) is 4.74 Å². The van der Waals surface area contributed by atoms with Gasteiger partial charge in [0.05, 0.1) is 6.54 Å². The average Bonchev–Trinajstić information content (AvgIpc) is 3.06. The highest BCUT2D eigenvalue weighted by Crippen LogP contribution is 2.14.